The van der Waals surface area contributed by atoms with Crippen molar-refractivity contribution in [1.82, 2.24) is 10.6 Å². The number of carbonyl (C=O) groups is 2. The average molecular weight is 369 g/mol. The van der Waals surface area contributed by atoms with Crippen molar-refractivity contribution >= 4 is 17.6 Å². The Hall–Kier alpha value is -3.35. The molecule has 140 valence electrons. The van der Waals surface area contributed by atoms with E-state index in [1.807, 2.05) is 13.0 Å². The number of carbonyl (C=O) groups excluding carboxylic acids is 2. The van der Waals surface area contributed by atoms with Crippen LogP contribution in [0.3, 0.4) is 0 Å². The minimum Gasteiger partial charge on any atom is -0.492 e. The Morgan fingerprint density at radius 2 is 1.89 bits per heavy atom. The lowest BCUT2D eigenvalue weighted by Crippen LogP contribution is -2.46. The number of amides is 3. The van der Waals surface area contributed by atoms with E-state index >= 15 is 0 Å². The number of anilines is 1. The maximum absolute atomic E-state index is 13.3. The normalized spacial score (nSPS) is 16.4. The average Bonchev–Trinajstić information content (AvgIpc) is 2.63. The van der Waals surface area contributed by atoms with Crippen LogP contribution in [0.25, 0.3) is 0 Å². The first-order valence-electron chi connectivity index (χ1n) is 8.56. The quantitative estimate of drug-likeness (QED) is 0.755. The van der Waals surface area contributed by atoms with Gasteiger partial charge in [-0.1, -0.05) is 24.3 Å². The van der Waals surface area contributed by atoms with Crippen LogP contribution in [0, 0.1) is 5.82 Å². The Bertz CT molecular complexity index is 894. The summed E-state index contributed by atoms with van der Waals surface area (Å²) < 4.78 is 18.8. The number of benzene rings is 2. The molecule has 0 spiro atoms. The summed E-state index contributed by atoms with van der Waals surface area (Å²) >= 11 is 0. The summed E-state index contributed by atoms with van der Waals surface area (Å²) in [7, 11) is 0. The van der Waals surface area contributed by atoms with E-state index in [0.29, 0.717) is 34.9 Å². The number of allylic oxidation sites excluding steroid dienone is 1. The molecule has 0 bridgehead atoms. The van der Waals surface area contributed by atoms with Gasteiger partial charge in [-0.3, -0.25) is 4.79 Å². The van der Waals surface area contributed by atoms with Crippen LogP contribution in [-0.4, -0.2) is 18.5 Å². The van der Waals surface area contributed by atoms with E-state index in [0.717, 1.165) is 0 Å². The summed E-state index contributed by atoms with van der Waals surface area (Å²) in [6, 6.07) is 11.6. The molecule has 27 heavy (non-hydrogen) atoms. The van der Waals surface area contributed by atoms with Crippen molar-refractivity contribution in [1.29, 1.82) is 0 Å². The maximum atomic E-state index is 13.3. The molecule has 3 amide bonds. The van der Waals surface area contributed by atoms with Crippen LogP contribution in [0.5, 0.6) is 5.75 Å². The molecule has 6 nitrogen and oxygen atoms in total. The zero-order valence-electron chi connectivity index (χ0n) is 15.0. The largest absolute Gasteiger partial charge is 0.492 e. The molecule has 0 aliphatic carbocycles. The van der Waals surface area contributed by atoms with Crippen molar-refractivity contribution in [2.75, 3.05) is 11.9 Å². The van der Waals surface area contributed by atoms with Crippen LogP contribution in [0.1, 0.15) is 25.5 Å². The highest BCUT2D eigenvalue weighted by atomic mass is 19.1. The van der Waals surface area contributed by atoms with Gasteiger partial charge in [-0.25, -0.2) is 9.18 Å². The zero-order valence-corrected chi connectivity index (χ0v) is 15.0. The summed E-state index contributed by atoms with van der Waals surface area (Å²) in [5.41, 5.74) is 1.90. The van der Waals surface area contributed by atoms with Crippen LogP contribution < -0.4 is 20.7 Å². The number of para-hydroxylation sites is 2. The number of rotatable bonds is 5. The van der Waals surface area contributed by atoms with Crippen molar-refractivity contribution in [3.05, 3.63) is 71.2 Å². The van der Waals surface area contributed by atoms with E-state index in [-0.39, 0.29) is 5.91 Å². The van der Waals surface area contributed by atoms with Gasteiger partial charge in [0.15, 0.2) is 0 Å². The summed E-state index contributed by atoms with van der Waals surface area (Å²) in [5, 5.41) is 8.16. The van der Waals surface area contributed by atoms with Gasteiger partial charge < -0.3 is 20.7 Å². The third-order valence-electron chi connectivity index (χ3n) is 4.15. The lowest BCUT2D eigenvalue weighted by atomic mass is 9.95. The van der Waals surface area contributed by atoms with E-state index in [2.05, 4.69) is 16.0 Å². The van der Waals surface area contributed by atoms with Crippen LogP contribution in [0.2, 0.25) is 0 Å². The fourth-order valence-electron chi connectivity index (χ4n) is 2.94. The van der Waals surface area contributed by atoms with Gasteiger partial charge in [0.05, 0.1) is 23.9 Å². The Kier molecular flexibility index (Phi) is 5.40. The predicted octanol–water partition coefficient (Wildman–Crippen LogP) is 3.49. The second kappa shape index (κ2) is 7.90. The molecule has 0 aromatic heterocycles. The van der Waals surface area contributed by atoms with Gasteiger partial charge in [-0.15, -0.1) is 0 Å². The molecule has 1 aliphatic heterocycles. The van der Waals surface area contributed by atoms with Gasteiger partial charge in [0.1, 0.15) is 11.6 Å². The Balaban J connectivity index is 1.93. The van der Waals surface area contributed by atoms with Gasteiger partial charge in [-0.2, -0.15) is 0 Å². The number of ether oxygens (including phenoxy) is 1. The predicted molar refractivity (Wildman–Crippen MR) is 99.7 cm³/mol. The van der Waals surface area contributed by atoms with E-state index in [1.165, 1.54) is 12.1 Å². The first-order chi connectivity index (χ1) is 13.0. The van der Waals surface area contributed by atoms with Gasteiger partial charge >= 0.3 is 6.03 Å². The van der Waals surface area contributed by atoms with Gasteiger partial charge in [-0.05, 0) is 43.7 Å². The SMILES string of the molecule is CCOc1ccccc1NC(=O)C1=C(C)NC(=O)N[C@@H]1c1ccc(F)cc1. The third-order valence-corrected chi connectivity index (χ3v) is 4.15. The molecule has 0 saturated heterocycles. The topological polar surface area (TPSA) is 79.5 Å². The highest BCUT2D eigenvalue weighted by Crippen LogP contribution is 2.30. The molecule has 0 radical (unpaired) electrons. The zero-order chi connectivity index (χ0) is 19.4. The molecule has 3 rings (SSSR count). The first kappa shape index (κ1) is 18.4. The summed E-state index contributed by atoms with van der Waals surface area (Å²) in [6.07, 6.45) is 0. The Morgan fingerprint density at radius 1 is 1.19 bits per heavy atom. The number of urea groups is 1. The van der Waals surface area contributed by atoms with Crippen molar-refractivity contribution in [2.24, 2.45) is 0 Å². The van der Waals surface area contributed by atoms with Gasteiger partial charge in [0.2, 0.25) is 0 Å². The fraction of sp³-hybridized carbons (Fsp3) is 0.200. The number of hydrogen-bond acceptors (Lipinski definition) is 3. The van der Waals surface area contributed by atoms with Crippen molar-refractivity contribution in [2.45, 2.75) is 19.9 Å². The summed E-state index contributed by atoms with van der Waals surface area (Å²) in [4.78, 5) is 24.9. The highest BCUT2D eigenvalue weighted by molar-refractivity contribution is 6.07. The monoisotopic (exact) mass is 369 g/mol. The molecule has 7 heteroatoms. The minimum atomic E-state index is -0.696. The molecule has 0 unspecified atom stereocenters. The van der Waals surface area contributed by atoms with Crippen LogP contribution >= 0.6 is 0 Å². The molecular formula is C20H20FN3O3. The first-order valence-corrected chi connectivity index (χ1v) is 8.56. The van der Waals surface area contributed by atoms with Crippen LogP contribution in [0.4, 0.5) is 14.9 Å². The number of nitrogens with one attached hydrogen (secondary N) is 3. The molecule has 2 aromatic carbocycles. The Morgan fingerprint density at radius 3 is 2.59 bits per heavy atom. The molecule has 1 heterocycles. The van der Waals surface area contributed by atoms with E-state index in [1.54, 1.807) is 37.3 Å². The molecule has 1 atom stereocenters. The maximum Gasteiger partial charge on any atom is 0.319 e. The van der Waals surface area contributed by atoms with Crippen molar-refractivity contribution in [3.63, 3.8) is 0 Å². The van der Waals surface area contributed by atoms with Gasteiger partial charge in [0, 0.05) is 5.70 Å². The molecule has 3 N–H and O–H groups in total. The second-order valence-corrected chi connectivity index (χ2v) is 6.00. The minimum absolute atomic E-state index is 0.340. The van der Waals surface area contributed by atoms with Gasteiger partial charge in [0.25, 0.3) is 5.91 Å². The van der Waals surface area contributed by atoms with Crippen molar-refractivity contribution < 1.29 is 18.7 Å². The van der Waals surface area contributed by atoms with Crippen molar-refractivity contribution in [3.8, 4) is 5.75 Å². The fourth-order valence-corrected chi connectivity index (χ4v) is 2.94. The summed E-state index contributed by atoms with van der Waals surface area (Å²) in [6.45, 7) is 3.97. The number of hydrogen-bond donors (Lipinski definition) is 3. The third kappa shape index (κ3) is 4.08. The second-order valence-electron chi connectivity index (χ2n) is 6.00. The molecule has 0 saturated carbocycles. The highest BCUT2D eigenvalue weighted by Gasteiger charge is 2.31. The van der Waals surface area contributed by atoms with E-state index in [4.69, 9.17) is 4.74 Å². The van der Waals surface area contributed by atoms with E-state index < -0.39 is 17.9 Å². The molecular weight excluding hydrogens is 349 g/mol. The molecule has 1 aliphatic rings. The van der Waals surface area contributed by atoms with Crippen LogP contribution in [0.15, 0.2) is 59.8 Å². The lowest BCUT2D eigenvalue weighted by Gasteiger charge is -2.28. The molecule has 0 fully saturated rings. The molecule has 2 aromatic rings. The summed E-state index contributed by atoms with van der Waals surface area (Å²) in [5.74, 6) is -0.226. The number of halogens is 1. The van der Waals surface area contributed by atoms with E-state index in [9.17, 15) is 14.0 Å². The van der Waals surface area contributed by atoms with Crippen LogP contribution in [-0.2, 0) is 4.79 Å². The lowest BCUT2D eigenvalue weighted by molar-refractivity contribution is -0.113. The smallest absolute Gasteiger partial charge is 0.319 e. The Labute approximate surface area is 156 Å². The standard InChI is InChI=1S/C20H20FN3O3/c1-3-27-16-7-5-4-6-15(16)23-19(25)17-12(2)22-20(26)24-18(17)13-8-10-14(21)11-9-13/h4-11,18H,3H2,1-2H3,(H,23,25)(H2,22,24,26)/t18-/m1/s1.